The lowest BCUT2D eigenvalue weighted by Crippen LogP contribution is -2.32. The van der Waals surface area contributed by atoms with Crippen LogP contribution in [-0.2, 0) is 6.54 Å². The molecule has 3 rings (SSSR count). The van der Waals surface area contributed by atoms with Crippen molar-refractivity contribution in [3.8, 4) is 0 Å². The van der Waals surface area contributed by atoms with Gasteiger partial charge in [-0.3, -0.25) is 10.00 Å². The highest BCUT2D eigenvalue weighted by Gasteiger charge is 2.22. The molecule has 1 saturated heterocycles. The first-order valence-electron chi connectivity index (χ1n) is 6.74. The molecule has 106 valence electrons. The normalized spacial score (nSPS) is 17.5. The predicted molar refractivity (Wildman–Crippen MR) is 75.0 cm³/mol. The fraction of sp³-hybridized carbons (Fsp3) is 0.429. The average molecular weight is 295 g/mol. The second kappa shape index (κ2) is 5.89. The summed E-state index contributed by atoms with van der Waals surface area (Å²) in [6.45, 7) is 2.72. The number of hydrogen-bond acceptors (Lipinski definition) is 3. The monoisotopic (exact) mass is 294 g/mol. The first-order valence-corrected chi connectivity index (χ1v) is 7.11. The van der Waals surface area contributed by atoms with Crippen molar-refractivity contribution in [2.45, 2.75) is 25.3 Å². The van der Waals surface area contributed by atoms with Gasteiger partial charge in [0.2, 0.25) is 0 Å². The number of benzene rings is 1. The Labute approximate surface area is 122 Å². The summed E-state index contributed by atoms with van der Waals surface area (Å²) in [6.07, 6.45) is 3.65. The van der Waals surface area contributed by atoms with E-state index in [1.54, 1.807) is 12.4 Å². The third-order valence-corrected chi connectivity index (χ3v) is 4.10. The molecule has 6 heteroatoms. The van der Waals surface area contributed by atoms with Crippen LogP contribution in [0.25, 0.3) is 0 Å². The molecule has 0 spiro atoms. The molecule has 0 aliphatic carbocycles. The summed E-state index contributed by atoms with van der Waals surface area (Å²) in [6, 6.07) is 5.02. The van der Waals surface area contributed by atoms with Crippen molar-refractivity contribution in [1.82, 2.24) is 20.1 Å². The van der Waals surface area contributed by atoms with Gasteiger partial charge in [0.25, 0.3) is 0 Å². The maximum atomic E-state index is 13.4. The second-order valence-corrected chi connectivity index (χ2v) is 5.58. The molecule has 0 saturated carbocycles. The standard InChI is InChI=1S/C14H16ClFN4/c15-12-2-1-10(7-13(12)16)8-20-5-3-11(4-6-20)14-17-9-18-19-14/h1-2,7,9,11H,3-6,8H2,(H,17,18,19). The van der Waals surface area contributed by atoms with E-state index in [2.05, 4.69) is 20.1 Å². The molecule has 0 bridgehead atoms. The molecule has 2 aromatic rings. The number of hydrogen-bond donors (Lipinski definition) is 1. The van der Waals surface area contributed by atoms with Crippen molar-refractivity contribution in [3.63, 3.8) is 0 Å². The Bertz CT molecular complexity index is 565. The van der Waals surface area contributed by atoms with E-state index in [0.29, 0.717) is 5.92 Å². The molecule has 1 fully saturated rings. The fourth-order valence-electron chi connectivity index (χ4n) is 2.67. The van der Waals surface area contributed by atoms with Gasteiger partial charge in [-0.05, 0) is 43.6 Å². The molecule has 20 heavy (non-hydrogen) atoms. The Kier molecular flexibility index (Phi) is 3.98. The van der Waals surface area contributed by atoms with Crippen LogP contribution >= 0.6 is 11.6 Å². The number of piperidine rings is 1. The molecule has 0 radical (unpaired) electrons. The molecule has 1 aliphatic rings. The SMILES string of the molecule is Fc1cc(CN2CCC(c3ncn[nH]3)CC2)ccc1Cl. The van der Waals surface area contributed by atoms with Crippen molar-refractivity contribution in [2.75, 3.05) is 13.1 Å². The predicted octanol–water partition coefficient (Wildman–Crippen LogP) is 2.98. The van der Waals surface area contributed by atoms with E-state index in [1.165, 1.54) is 6.07 Å². The lowest BCUT2D eigenvalue weighted by atomic mass is 9.96. The zero-order valence-electron chi connectivity index (χ0n) is 11.0. The fourth-order valence-corrected chi connectivity index (χ4v) is 2.79. The van der Waals surface area contributed by atoms with E-state index in [-0.39, 0.29) is 10.8 Å². The molecular weight excluding hydrogens is 279 g/mol. The highest BCUT2D eigenvalue weighted by molar-refractivity contribution is 6.30. The Morgan fingerprint density at radius 2 is 2.15 bits per heavy atom. The van der Waals surface area contributed by atoms with Crippen LogP contribution in [0.3, 0.4) is 0 Å². The summed E-state index contributed by atoms with van der Waals surface area (Å²) in [5.74, 6) is 1.08. The van der Waals surface area contributed by atoms with Crippen molar-refractivity contribution >= 4 is 11.6 Å². The number of likely N-dealkylation sites (tertiary alicyclic amines) is 1. The first-order chi connectivity index (χ1) is 9.72. The van der Waals surface area contributed by atoms with Crippen LogP contribution in [0, 0.1) is 5.82 Å². The number of nitrogens with one attached hydrogen (secondary N) is 1. The minimum atomic E-state index is -0.347. The van der Waals surface area contributed by atoms with Crippen LogP contribution in [-0.4, -0.2) is 33.2 Å². The Morgan fingerprint density at radius 3 is 2.80 bits per heavy atom. The minimum Gasteiger partial charge on any atom is -0.299 e. The van der Waals surface area contributed by atoms with Gasteiger partial charge in [-0.25, -0.2) is 9.37 Å². The van der Waals surface area contributed by atoms with Crippen molar-refractivity contribution in [3.05, 3.63) is 46.8 Å². The van der Waals surface area contributed by atoms with Gasteiger partial charge in [0.1, 0.15) is 18.0 Å². The molecule has 4 nitrogen and oxygen atoms in total. The number of aromatic amines is 1. The molecule has 1 aromatic carbocycles. The molecule has 0 amide bonds. The molecule has 1 N–H and O–H groups in total. The smallest absolute Gasteiger partial charge is 0.142 e. The van der Waals surface area contributed by atoms with Crippen molar-refractivity contribution < 1.29 is 4.39 Å². The van der Waals surface area contributed by atoms with Crippen LogP contribution in [0.2, 0.25) is 5.02 Å². The molecule has 2 heterocycles. The summed E-state index contributed by atoms with van der Waals surface area (Å²) >= 11 is 5.69. The van der Waals surface area contributed by atoms with E-state index in [4.69, 9.17) is 11.6 Å². The van der Waals surface area contributed by atoms with Gasteiger partial charge in [0.05, 0.1) is 5.02 Å². The maximum absolute atomic E-state index is 13.4. The average Bonchev–Trinajstić information content (AvgIpc) is 2.98. The van der Waals surface area contributed by atoms with Crippen molar-refractivity contribution in [2.24, 2.45) is 0 Å². The lowest BCUT2D eigenvalue weighted by molar-refractivity contribution is 0.201. The zero-order chi connectivity index (χ0) is 13.9. The Balaban J connectivity index is 1.57. The highest BCUT2D eigenvalue weighted by Crippen LogP contribution is 2.26. The van der Waals surface area contributed by atoms with Gasteiger partial charge in [0, 0.05) is 12.5 Å². The van der Waals surface area contributed by atoms with Gasteiger partial charge in [0.15, 0.2) is 0 Å². The van der Waals surface area contributed by atoms with E-state index in [1.807, 2.05) is 6.07 Å². The van der Waals surface area contributed by atoms with Crippen LogP contribution < -0.4 is 0 Å². The van der Waals surface area contributed by atoms with E-state index < -0.39 is 0 Å². The molecular formula is C14H16ClFN4. The third-order valence-electron chi connectivity index (χ3n) is 3.80. The zero-order valence-corrected chi connectivity index (χ0v) is 11.8. The van der Waals surface area contributed by atoms with Crippen molar-refractivity contribution in [1.29, 1.82) is 0 Å². The summed E-state index contributed by atoms with van der Waals surface area (Å²) in [7, 11) is 0. The topological polar surface area (TPSA) is 44.8 Å². The van der Waals surface area contributed by atoms with Crippen LogP contribution in [0.1, 0.15) is 30.1 Å². The summed E-state index contributed by atoms with van der Waals surface area (Å²) < 4.78 is 13.4. The number of H-pyrrole nitrogens is 1. The number of aromatic nitrogens is 3. The molecule has 0 atom stereocenters. The maximum Gasteiger partial charge on any atom is 0.142 e. The first kappa shape index (κ1) is 13.5. The van der Waals surface area contributed by atoms with Gasteiger partial charge in [-0.1, -0.05) is 17.7 Å². The number of rotatable bonds is 3. The molecule has 0 unspecified atom stereocenters. The van der Waals surface area contributed by atoms with Gasteiger partial charge < -0.3 is 0 Å². The molecule has 1 aromatic heterocycles. The Morgan fingerprint density at radius 1 is 1.35 bits per heavy atom. The second-order valence-electron chi connectivity index (χ2n) is 5.17. The summed E-state index contributed by atoms with van der Waals surface area (Å²) in [4.78, 5) is 6.55. The van der Waals surface area contributed by atoms with E-state index in [0.717, 1.165) is 43.9 Å². The number of halogens is 2. The highest BCUT2D eigenvalue weighted by atomic mass is 35.5. The minimum absolute atomic E-state index is 0.178. The lowest BCUT2D eigenvalue weighted by Gasteiger charge is -2.30. The largest absolute Gasteiger partial charge is 0.299 e. The quantitative estimate of drug-likeness (QED) is 0.946. The summed E-state index contributed by atoms with van der Waals surface area (Å²) in [5.41, 5.74) is 0.963. The van der Waals surface area contributed by atoms with Gasteiger partial charge in [-0.15, -0.1) is 0 Å². The van der Waals surface area contributed by atoms with Crippen LogP contribution in [0.5, 0.6) is 0 Å². The van der Waals surface area contributed by atoms with E-state index >= 15 is 0 Å². The van der Waals surface area contributed by atoms with E-state index in [9.17, 15) is 4.39 Å². The Hall–Kier alpha value is -1.46. The summed E-state index contributed by atoms with van der Waals surface area (Å²) in [5, 5.41) is 7.02. The number of nitrogens with zero attached hydrogens (tertiary/aromatic N) is 3. The van der Waals surface area contributed by atoms with Gasteiger partial charge in [-0.2, -0.15) is 5.10 Å². The molecule has 1 aliphatic heterocycles. The van der Waals surface area contributed by atoms with Gasteiger partial charge >= 0.3 is 0 Å². The van der Waals surface area contributed by atoms with Crippen LogP contribution in [0.15, 0.2) is 24.5 Å². The van der Waals surface area contributed by atoms with Crippen LogP contribution in [0.4, 0.5) is 4.39 Å². The third kappa shape index (κ3) is 2.99.